The molecule has 154 valence electrons. The molecule has 0 saturated carbocycles. The van der Waals surface area contributed by atoms with Gasteiger partial charge in [-0.2, -0.15) is 4.98 Å². The van der Waals surface area contributed by atoms with Crippen LogP contribution in [0.5, 0.6) is 11.5 Å². The molecule has 4 rings (SSSR count). The van der Waals surface area contributed by atoms with Gasteiger partial charge in [0.25, 0.3) is 0 Å². The van der Waals surface area contributed by atoms with Crippen LogP contribution >= 0.6 is 23.1 Å². The third kappa shape index (κ3) is 4.98. The molecule has 1 saturated heterocycles. The van der Waals surface area contributed by atoms with Crippen LogP contribution in [-0.2, 0) is 10.5 Å². The van der Waals surface area contributed by atoms with Crippen molar-refractivity contribution in [2.24, 2.45) is 0 Å². The third-order valence-corrected chi connectivity index (χ3v) is 6.35. The number of ether oxygens (including phenoxy) is 3. The van der Waals surface area contributed by atoms with Crippen molar-refractivity contribution >= 4 is 28.2 Å². The van der Waals surface area contributed by atoms with Crippen molar-refractivity contribution < 1.29 is 18.7 Å². The van der Waals surface area contributed by atoms with Crippen molar-refractivity contribution in [3.05, 3.63) is 24.1 Å². The molecule has 1 aliphatic rings. The van der Waals surface area contributed by atoms with E-state index in [0.29, 0.717) is 29.0 Å². The number of nitrogens with one attached hydrogen (secondary N) is 1. The minimum atomic E-state index is 0.266. The molecule has 9 nitrogen and oxygen atoms in total. The Balaban J connectivity index is 1.34. The summed E-state index contributed by atoms with van der Waals surface area (Å²) in [5, 5.41) is 16.5. The molecular formula is C18H21N5O4S2. The van der Waals surface area contributed by atoms with Crippen LogP contribution < -0.4 is 14.8 Å². The quantitative estimate of drug-likeness (QED) is 0.502. The molecule has 11 heteroatoms. The molecule has 0 spiro atoms. The number of anilines is 1. The zero-order valence-electron chi connectivity index (χ0n) is 16.1. The Morgan fingerprint density at radius 1 is 1.28 bits per heavy atom. The van der Waals surface area contributed by atoms with Gasteiger partial charge in [-0.15, -0.1) is 10.2 Å². The molecule has 3 aromatic rings. The van der Waals surface area contributed by atoms with Crippen molar-refractivity contribution in [1.29, 1.82) is 0 Å². The van der Waals surface area contributed by atoms with E-state index in [1.807, 2.05) is 12.1 Å². The summed E-state index contributed by atoms with van der Waals surface area (Å²) in [6.45, 7) is 1.61. The first-order valence-corrected chi connectivity index (χ1v) is 10.9. The predicted molar refractivity (Wildman–Crippen MR) is 110 cm³/mol. The number of methoxy groups -OCH3 is 2. The average molecular weight is 436 g/mol. The summed E-state index contributed by atoms with van der Waals surface area (Å²) in [7, 11) is 3.20. The number of nitrogens with zero attached hydrogens (tertiary/aromatic N) is 4. The second-order valence-corrected chi connectivity index (χ2v) is 8.46. The van der Waals surface area contributed by atoms with Crippen LogP contribution in [0.4, 0.5) is 5.13 Å². The van der Waals surface area contributed by atoms with Crippen molar-refractivity contribution in [1.82, 2.24) is 20.3 Å². The van der Waals surface area contributed by atoms with Crippen LogP contribution in [0.15, 0.2) is 27.1 Å². The summed E-state index contributed by atoms with van der Waals surface area (Å²) in [4.78, 5) is 4.46. The molecule has 0 radical (unpaired) electrons. The van der Waals surface area contributed by atoms with Crippen LogP contribution in [-0.4, -0.2) is 53.8 Å². The number of rotatable bonds is 9. The highest BCUT2D eigenvalue weighted by Crippen LogP contribution is 2.33. The van der Waals surface area contributed by atoms with Gasteiger partial charge in [0.1, 0.15) is 11.5 Å². The highest BCUT2D eigenvalue weighted by Gasteiger charge is 2.17. The van der Waals surface area contributed by atoms with Gasteiger partial charge in [-0.05, 0) is 25.0 Å². The largest absolute Gasteiger partial charge is 0.497 e. The molecule has 1 N–H and O–H groups in total. The van der Waals surface area contributed by atoms with Gasteiger partial charge < -0.3 is 24.1 Å². The number of hydrogen-bond donors (Lipinski definition) is 1. The van der Waals surface area contributed by atoms with Crippen molar-refractivity contribution in [2.45, 2.75) is 29.0 Å². The highest BCUT2D eigenvalue weighted by atomic mass is 32.2. The summed E-state index contributed by atoms with van der Waals surface area (Å²) >= 11 is 3.00. The molecule has 2 aromatic heterocycles. The van der Waals surface area contributed by atoms with Gasteiger partial charge in [-0.3, -0.25) is 0 Å². The topological polar surface area (TPSA) is 104 Å². The summed E-state index contributed by atoms with van der Waals surface area (Å²) in [6, 6.07) is 5.46. The molecular weight excluding hydrogens is 414 g/mol. The fraction of sp³-hybridized carbons (Fsp3) is 0.444. The lowest BCUT2D eigenvalue weighted by atomic mass is 10.2. The van der Waals surface area contributed by atoms with Crippen LogP contribution in [0.3, 0.4) is 0 Å². The van der Waals surface area contributed by atoms with Crippen LogP contribution in [0.1, 0.15) is 18.7 Å². The van der Waals surface area contributed by atoms with Crippen LogP contribution in [0.25, 0.3) is 11.4 Å². The SMILES string of the molecule is COc1ccc(-c2noc(CSc3nnc(NCC4CCCO4)s3)n2)c(OC)c1. The number of hydrogen-bond acceptors (Lipinski definition) is 11. The first-order chi connectivity index (χ1) is 14.2. The minimum absolute atomic E-state index is 0.266. The van der Waals surface area contributed by atoms with Crippen LogP contribution in [0.2, 0.25) is 0 Å². The Bertz CT molecular complexity index is 942. The number of benzene rings is 1. The molecule has 1 aliphatic heterocycles. The summed E-state index contributed by atoms with van der Waals surface area (Å²) in [5.74, 6) is 2.80. The summed E-state index contributed by atoms with van der Waals surface area (Å²) in [6.07, 6.45) is 2.48. The van der Waals surface area contributed by atoms with Crippen molar-refractivity contribution in [3.63, 3.8) is 0 Å². The first kappa shape index (κ1) is 19.9. The van der Waals surface area contributed by atoms with Gasteiger partial charge in [-0.25, -0.2) is 0 Å². The second-order valence-electron chi connectivity index (χ2n) is 6.26. The number of aromatic nitrogens is 4. The Labute approximate surface area is 176 Å². The van der Waals surface area contributed by atoms with E-state index in [1.54, 1.807) is 20.3 Å². The summed E-state index contributed by atoms with van der Waals surface area (Å²) < 4.78 is 22.4. The lowest BCUT2D eigenvalue weighted by Crippen LogP contribution is -2.18. The van der Waals surface area contributed by atoms with Gasteiger partial charge in [-0.1, -0.05) is 28.3 Å². The van der Waals surface area contributed by atoms with E-state index in [0.717, 1.165) is 41.0 Å². The fourth-order valence-electron chi connectivity index (χ4n) is 2.88. The molecule has 1 fully saturated rings. The monoisotopic (exact) mass is 435 g/mol. The molecule has 1 atom stereocenters. The van der Waals surface area contributed by atoms with Gasteiger partial charge in [0.2, 0.25) is 16.8 Å². The van der Waals surface area contributed by atoms with E-state index < -0.39 is 0 Å². The third-order valence-electron chi connectivity index (χ3n) is 4.35. The van der Waals surface area contributed by atoms with E-state index >= 15 is 0 Å². The standard InChI is InChI=1S/C18H21N5O4S2/c1-24-11-5-6-13(14(8-11)25-2)16-20-15(27-23-16)10-28-18-22-21-17(29-18)19-9-12-4-3-7-26-12/h5-6,8,12H,3-4,7,9-10H2,1-2H3,(H,19,21). The molecule has 0 aliphatic carbocycles. The minimum Gasteiger partial charge on any atom is -0.497 e. The maximum Gasteiger partial charge on any atom is 0.237 e. The highest BCUT2D eigenvalue weighted by molar-refractivity contribution is 8.00. The summed E-state index contributed by atoms with van der Waals surface area (Å²) in [5.41, 5.74) is 0.741. The average Bonchev–Trinajstić information content (AvgIpc) is 3.52. The normalized spacial score (nSPS) is 16.1. The maximum atomic E-state index is 5.60. The second kappa shape index (κ2) is 9.42. The Hall–Kier alpha value is -2.37. The Morgan fingerprint density at radius 3 is 3.00 bits per heavy atom. The lowest BCUT2D eigenvalue weighted by Gasteiger charge is -2.08. The molecule has 0 amide bonds. The molecule has 29 heavy (non-hydrogen) atoms. The molecule has 0 bridgehead atoms. The molecule has 1 aromatic carbocycles. The molecule has 1 unspecified atom stereocenters. The smallest absolute Gasteiger partial charge is 0.237 e. The predicted octanol–water partition coefficient (Wildman–Crippen LogP) is 3.49. The van der Waals surface area contributed by atoms with E-state index in [-0.39, 0.29) is 6.10 Å². The zero-order chi connectivity index (χ0) is 20.1. The van der Waals surface area contributed by atoms with Crippen molar-refractivity contribution in [3.8, 4) is 22.9 Å². The van der Waals surface area contributed by atoms with Gasteiger partial charge in [0.05, 0.1) is 31.6 Å². The zero-order valence-corrected chi connectivity index (χ0v) is 17.7. The van der Waals surface area contributed by atoms with Gasteiger partial charge in [0.15, 0.2) is 4.34 Å². The van der Waals surface area contributed by atoms with E-state index in [9.17, 15) is 0 Å². The molecule has 3 heterocycles. The van der Waals surface area contributed by atoms with E-state index in [4.69, 9.17) is 18.7 Å². The maximum absolute atomic E-state index is 5.60. The Morgan fingerprint density at radius 2 is 2.21 bits per heavy atom. The van der Waals surface area contributed by atoms with E-state index in [1.165, 1.54) is 23.1 Å². The van der Waals surface area contributed by atoms with Crippen LogP contribution in [0, 0.1) is 0 Å². The van der Waals surface area contributed by atoms with Gasteiger partial charge >= 0.3 is 0 Å². The van der Waals surface area contributed by atoms with Gasteiger partial charge in [0, 0.05) is 19.2 Å². The van der Waals surface area contributed by atoms with E-state index in [2.05, 4.69) is 25.7 Å². The first-order valence-electron chi connectivity index (χ1n) is 9.12. The number of thioether (sulfide) groups is 1. The van der Waals surface area contributed by atoms with Crippen molar-refractivity contribution in [2.75, 3.05) is 32.7 Å². The fourth-order valence-corrected chi connectivity index (χ4v) is 4.47. The Kier molecular flexibility index (Phi) is 6.47. The lowest BCUT2D eigenvalue weighted by molar-refractivity contribution is 0.120.